The second-order valence-corrected chi connectivity index (χ2v) is 12.1. The van der Waals surface area contributed by atoms with Crippen molar-refractivity contribution in [3.8, 4) is 0 Å². The normalized spacial score (nSPS) is 27.5. The van der Waals surface area contributed by atoms with Gasteiger partial charge < -0.3 is 0 Å². The first-order valence-corrected chi connectivity index (χ1v) is 13.6. The first-order valence-electron chi connectivity index (χ1n) is 10.4. The van der Waals surface area contributed by atoms with Crippen LogP contribution in [0.1, 0.15) is 11.1 Å². The summed E-state index contributed by atoms with van der Waals surface area (Å²) in [6, 6.07) is 11.6. The fourth-order valence-electron chi connectivity index (χ4n) is 4.06. The van der Waals surface area contributed by atoms with E-state index in [1.54, 1.807) is 36.4 Å². The van der Waals surface area contributed by atoms with Crippen molar-refractivity contribution in [2.75, 3.05) is 0 Å². The predicted octanol–water partition coefficient (Wildman–Crippen LogP) is 9.06. The Balaban J connectivity index is 1.82. The van der Waals surface area contributed by atoms with Gasteiger partial charge in [0.15, 0.2) is 0 Å². The Morgan fingerprint density at radius 1 is 0.703 bits per heavy atom. The van der Waals surface area contributed by atoms with Crippen LogP contribution in [0.15, 0.2) is 93.0 Å². The summed E-state index contributed by atoms with van der Waals surface area (Å²) < 4.78 is 0. The lowest BCUT2D eigenvalue weighted by molar-refractivity contribution is -0.385. The Kier molecular flexibility index (Phi) is 8.27. The van der Waals surface area contributed by atoms with E-state index in [1.807, 2.05) is 0 Å². The molecule has 0 saturated carbocycles. The van der Waals surface area contributed by atoms with Crippen molar-refractivity contribution in [1.82, 2.24) is 0 Å². The number of hydrogen-bond donors (Lipinski definition) is 0. The summed E-state index contributed by atoms with van der Waals surface area (Å²) in [5.41, 5.74) is 0.358. The molecule has 6 nitrogen and oxygen atoms in total. The Labute approximate surface area is 245 Å². The van der Waals surface area contributed by atoms with Gasteiger partial charge in [0.2, 0.25) is 0 Å². The summed E-state index contributed by atoms with van der Waals surface area (Å²) in [4.78, 5) is 18.8. The van der Waals surface area contributed by atoms with E-state index in [0.29, 0.717) is 11.1 Å². The molecule has 4 atom stereocenters. The van der Waals surface area contributed by atoms with Crippen LogP contribution in [0, 0.1) is 20.2 Å². The van der Waals surface area contributed by atoms with Crippen molar-refractivity contribution in [2.45, 2.75) is 20.2 Å². The number of non-ortho nitro benzene ring substituents is 2. The maximum atomic E-state index is 11.4. The van der Waals surface area contributed by atoms with E-state index < -0.39 is 30.1 Å². The number of halogens is 6. The van der Waals surface area contributed by atoms with Crippen LogP contribution >= 0.6 is 81.4 Å². The molecule has 13 heteroatoms. The van der Waals surface area contributed by atoms with Crippen LogP contribution in [0.25, 0.3) is 0 Å². The number of thioether (sulfide) groups is 1. The van der Waals surface area contributed by atoms with Crippen LogP contribution in [0.4, 0.5) is 11.4 Å². The molecular formula is C24H14Cl6N2O4S. The zero-order valence-electron chi connectivity index (χ0n) is 18.3. The number of allylic oxidation sites excluding steroid dienone is 6. The summed E-state index contributed by atoms with van der Waals surface area (Å²) in [6.45, 7) is 0. The van der Waals surface area contributed by atoms with Crippen LogP contribution in [-0.4, -0.2) is 20.3 Å². The number of hydrogen-bond acceptors (Lipinski definition) is 5. The third-order valence-electron chi connectivity index (χ3n) is 5.92. The Morgan fingerprint density at radius 2 is 1.08 bits per heavy atom. The van der Waals surface area contributed by atoms with Gasteiger partial charge in [0.05, 0.1) is 40.5 Å². The van der Waals surface area contributed by atoms with Gasteiger partial charge in [-0.05, 0) is 23.3 Å². The fourth-order valence-corrected chi connectivity index (χ4v) is 7.74. The topological polar surface area (TPSA) is 86.3 Å². The van der Waals surface area contributed by atoms with E-state index in [9.17, 15) is 20.2 Å². The number of nitro groups is 2. The lowest BCUT2D eigenvalue weighted by Gasteiger charge is -2.42. The van der Waals surface area contributed by atoms with Crippen LogP contribution in [-0.2, 0) is 9.75 Å². The minimum absolute atomic E-state index is 0.0753. The van der Waals surface area contributed by atoms with E-state index in [2.05, 4.69) is 0 Å². The Bertz CT molecular complexity index is 1320. The smallest absolute Gasteiger partial charge is 0.258 e. The van der Waals surface area contributed by atoms with E-state index >= 15 is 0 Å². The molecule has 2 aromatic rings. The Hall–Kier alpha value is -1.71. The van der Waals surface area contributed by atoms with E-state index in [0.717, 1.165) is 0 Å². The molecule has 0 fully saturated rings. The van der Waals surface area contributed by atoms with Crippen LogP contribution in [0.5, 0.6) is 0 Å². The molecule has 2 aromatic carbocycles. The Morgan fingerprint density at radius 3 is 1.43 bits per heavy atom. The highest BCUT2D eigenvalue weighted by Crippen LogP contribution is 2.58. The van der Waals surface area contributed by atoms with Gasteiger partial charge >= 0.3 is 0 Å². The molecular weight excluding hydrogens is 625 g/mol. The number of rotatable bonds is 6. The molecule has 2 aliphatic rings. The predicted molar refractivity (Wildman–Crippen MR) is 152 cm³/mol. The van der Waals surface area contributed by atoms with Gasteiger partial charge in [0, 0.05) is 24.3 Å². The van der Waals surface area contributed by atoms with E-state index in [4.69, 9.17) is 69.6 Å². The van der Waals surface area contributed by atoms with Crippen molar-refractivity contribution in [3.05, 3.63) is 124 Å². The van der Waals surface area contributed by atoms with Crippen LogP contribution in [0.3, 0.4) is 0 Å². The number of benzene rings is 2. The van der Waals surface area contributed by atoms with E-state index in [-0.39, 0.29) is 31.5 Å². The SMILES string of the molecule is O=[N+]([O-])c1cccc(C2(Cl)C(Cl)=C(Cl)C=CC2SC2C=CC(Cl)=C(Cl)C2(Cl)c2cccc([N+](=O)[O-])c2)c1. The largest absolute Gasteiger partial charge is 0.269 e. The maximum absolute atomic E-state index is 11.4. The van der Waals surface area contributed by atoms with Gasteiger partial charge in [-0.3, -0.25) is 20.2 Å². The highest BCUT2D eigenvalue weighted by Gasteiger charge is 2.50. The lowest BCUT2D eigenvalue weighted by atomic mass is 9.89. The van der Waals surface area contributed by atoms with Crippen molar-refractivity contribution < 1.29 is 9.85 Å². The third kappa shape index (κ3) is 5.03. The molecule has 0 radical (unpaired) electrons. The standard InChI is InChI=1S/C24H14Cl6N2O4S/c25-17-7-9-19(23(29,21(17)27)13-3-1-5-15(11-13)31(33)34)37-20-10-8-18(26)22(28)24(20,30)14-4-2-6-16(12-14)32(35)36/h1-12,19-20H. The molecule has 192 valence electrons. The zero-order valence-corrected chi connectivity index (χ0v) is 23.6. The van der Waals surface area contributed by atoms with Gasteiger partial charge in [0.1, 0.15) is 9.75 Å². The zero-order chi connectivity index (χ0) is 27.1. The molecule has 4 unspecified atom stereocenters. The molecule has 0 heterocycles. The average Bonchev–Trinajstić information content (AvgIpc) is 2.89. The molecule has 0 bridgehead atoms. The van der Waals surface area contributed by atoms with Crippen LogP contribution in [0.2, 0.25) is 0 Å². The summed E-state index contributed by atoms with van der Waals surface area (Å²) in [5, 5.41) is 22.1. The van der Waals surface area contributed by atoms with Crippen molar-refractivity contribution in [1.29, 1.82) is 0 Å². The summed E-state index contributed by atoms with van der Waals surface area (Å²) in [6.07, 6.45) is 6.60. The summed E-state index contributed by atoms with van der Waals surface area (Å²) >= 11 is 41.6. The average molecular weight is 639 g/mol. The lowest BCUT2D eigenvalue weighted by Crippen LogP contribution is -2.40. The molecule has 4 rings (SSSR count). The quantitative estimate of drug-likeness (QED) is 0.179. The fraction of sp³-hybridized carbons (Fsp3) is 0.167. The second kappa shape index (κ2) is 10.8. The first kappa shape index (κ1) is 28.3. The first-order chi connectivity index (χ1) is 17.4. The van der Waals surface area contributed by atoms with Gasteiger partial charge in [-0.1, -0.05) is 82.8 Å². The highest BCUT2D eigenvalue weighted by molar-refractivity contribution is 8.01. The number of nitrogens with zero attached hydrogens (tertiary/aromatic N) is 2. The monoisotopic (exact) mass is 636 g/mol. The molecule has 2 aliphatic carbocycles. The van der Waals surface area contributed by atoms with Crippen molar-refractivity contribution in [2.24, 2.45) is 0 Å². The molecule has 0 N–H and O–H groups in total. The molecule has 0 aliphatic heterocycles. The highest BCUT2D eigenvalue weighted by atomic mass is 35.5. The third-order valence-corrected chi connectivity index (χ3v) is 11.1. The van der Waals surface area contributed by atoms with Gasteiger partial charge in [-0.15, -0.1) is 35.0 Å². The second-order valence-electron chi connectivity index (χ2n) is 8.06. The number of alkyl halides is 2. The van der Waals surface area contributed by atoms with Crippen molar-refractivity contribution >= 4 is 92.7 Å². The van der Waals surface area contributed by atoms with Gasteiger partial charge in [0.25, 0.3) is 11.4 Å². The molecule has 37 heavy (non-hydrogen) atoms. The van der Waals surface area contributed by atoms with Crippen molar-refractivity contribution in [3.63, 3.8) is 0 Å². The molecule has 0 aromatic heterocycles. The van der Waals surface area contributed by atoms with Gasteiger partial charge in [-0.2, -0.15) is 0 Å². The molecule has 0 saturated heterocycles. The molecule has 0 amide bonds. The van der Waals surface area contributed by atoms with E-state index in [1.165, 1.54) is 48.2 Å². The number of nitro benzene ring substituents is 2. The maximum Gasteiger partial charge on any atom is 0.269 e. The minimum Gasteiger partial charge on any atom is -0.258 e. The molecule has 0 spiro atoms. The minimum atomic E-state index is -1.50. The summed E-state index contributed by atoms with van der Waals surface area (Å²) in [5.74, 6) is 0. The van der Waals surface area contributed by atoms with Crippen LogP contribution < -0.4 is 0 Å². The van der Waals surface area contributed by atoms with Gasteiger partial charge in [-0.25, -0.2) is 0 Å². The summed E-state index contributed by atoms with van der Waals surface area (Å²) in [7, 11) is 0.